The van der Waals surface area contributed by atoms with Crippen molar-refractivity contribution in [3.05, 3.63) is 407 Å². The van der Waals surface area contributed by atoms with E-state index in [2.05, 4.69) is 388 Å². The Bertz CT molecular complexity index is 7680. The van der Waals surface area contributed by atoms with Gasteiger partial charge in [0, 0.05) is 135 Å². The number of pyridine rings is 1. The maximum Gasteiger partial charge on any atom is 0.143 e. The van der Waals surface area contributed by atoms with Crippen LogP contribution in [-0.2, 0) is 0 Å². The highest BCUT2D eigenvalue weighted by Crippen LogP contribution is 2.48. The fraction of sp³-hybridized carbons (Fsp3) is 0. The second-order valence-electron chi connectivity index (χ2n) is 29.7. The molecule has 0 aliphatic heterocycles. The molecule has 0 aliphatic carbocycles. The van der Waals surface area contributed by atoms with Gasteiger partial charge in [0.1, 0.15) is 28.1 Å². The molecule has 0 N–H and O–H groups in total. The van der Waals surface area contributed by atoms with Gasteiger partial charge in [0.05, 0.1) is 22.1 Å². The molecule has 7 nitrogen and oxygen atoms in total. The van der Waals surface area contributed by atoms with Crippen LogP contribution in [-0.4, -0.2) is 14.1 Å². The number of furan rings is 2. The topological polar surface area (TPSA) is 55.5 Å². The number of hydrogen-bond donors (Lipinski definition) is 0. The summed E-state index contributed by atoms with van der Waals surface area (Å²) in [5.41, 5.74) is 25.3. The molecule has 0 atom stereocenters. The Balaban J connectivity index is 0.000000140. The van der Waals surface area contributed by atoms with Crippen molar-refractivity contribution in [3.63, 3.8) is 0 Å². The van der Waals surface area contributed by atoms with Crippen molar-refractivity contribution in [1.29, 1.82) is 0 Å². The van der Waals surface area contributed by atoms with E-state index in [4.69, 9.17) is 8.83 Å². The standard InChI is InChI=1S/C60H38N2OS.C47H29N3OS/c1-2-12-43(13-3-1)62-55-21-7-4-14-49(55)54-38-42(30-37-56(54)62)39-24-31-44(32-25-39)61(45-33-26-40(27-34-45)47-17-10-19-52-50-15-5-8-22-57(50)63-59(47)52)46-35-28-41(29-36-46)48-18-11-20-53-51-16-6-9-23-58(51)64-60(48)53;1-4-12-41-35(9-1)38-27-31(18-23-42(38)50(41)47-15-7-8-26-48-47)30-16-19-32(20-17-30)49(33-21-24-44-39(28-33)36-10-2-5-13-43(36)51-44)34-22-25-46-40(29-34)37-11-3-6-14-45(37)52-46/h1-38H;1-29H. The van der Waals surface area contributed by atoms with Crippen LogP contribution in [0.25, 0.3) is 184 Å². The van der Waals surface area contributed by atoms with E-state index in [0.29, 0.717) is 0 Å². The van der Waals surface area contributed by atoms with Gasteiger partial charge in [-0.1, -0.05) is 231 Å². The van der Waals surface area contributed by atoms with E-state index in [9.17, 15) is 0 Å². The Morgan fingerprint density at radius 1 is 0.233 bits per heavy atom. The Labute approximate surface area is 675 Å². The van der Waals surface area contributed by atoms with Crippen molar-refractivity contribution in [3.8, 4) is 56.0 Å². The Hall–Kier alpha value is -14.9. The molecule has 0 radical (unpaired) electrons. The molecule has 24 rings (SSSR count). The first-order valence-electron chi connectivity index (χ1n) is 39.2. The van der Waals surface area contributed by atoms with Crippen molar-refractivity contribution in [2.24, 2.45) is 0 Å². The fourth-order valence-electron chi connectivity index (χ4n) is 17.6. The summed E-state index contributed by atoms with van der Waals surface area (Å²) in [5, 5.41) is 14.6. The quantitative estimate of drug-likeness (QED) is 0.122. The number of thiophene rings is 2. The average Bonchev–Trinajstić information content (AvgIpc) is 1.57. The molecule has 0 aliphatic rings. The first-order chi connectivity index (χ1) is 57.5. The molecule has 0 fully saturated rings. The van der Waals surface area contributed by atoms with Gasteiger partial charge in [0.2, 0.25) is 0 Å². The maximum absolute atomic E-state index is 6.45. The van der Waals surface area contributed by atoms with Crippen molar-refractivity contribution >= 4 is 185 Å². The number of nitrogens with zero attached hydrogens (tertiary/aromatic N) is 5. The summed E-state index contributed by atoms with van der Waals surface area (Å²) in [6.07, 6.45) is 1.85. The van der Waals surface area contributed by atoms with E-state index in [1.54, 1.807) is 0 Å². The van der Waals surface area contributed by atoms with Gasteiger partial charge in [-0.3, -0.25) is 4.57 Å². The van der Waals surface area contributed by atoms with Crippen LogP contribution < -0.4 is 9.80 Å². The molecule has 0 unspecified atom stereocenters. The second kappa shape index (κ2) is 27.5. The highest BCUT2D eigenvalue weighted by molar-refractivity contribution is 7.26. The SMILES string of the molecule is c1ccc(-n2c3ccccc3c3cc(-c4ccc(N(c5ccc(-c6cccc7c6oc6ccccc67)cc5)c5ccc(-c6cccc7c6sc6ccccc67)cc5)cc4)ccc32)cc1.c1ccc(-n2c3ccccc3c3cc(-c4ccc(N(c5ccc6oc7ccccc7c6c5)c5ccc6sc7ccccc7c6c5)cc4)ccc32)nc1. The normalized spacial score (nSPS) is 11.8. The molecule has 9 heteroatoms. The van der Waals surface area contributed by atoms with Crippen LogP contribution in [0.3, 0.4) is 0 Å². The fourth-order valence-corrected chi connectivity index (χ4v) is 20.0. The molecular formula is C107H67N5O2S2. The van der Waals surface area contributed by atoms with Gasteiger partial charge in [-0.25, -0.2) is 4.98 Å². The molecule has 0 amide bonds. The average molecular weight is 1520 g/mol. The summed E-state index contributed by atoms with van der Waals surface area (Å²) in [5.74, 6) is 0.918. The highest BCUT2D eigenvalue weighted by atomic mass is 32.1. The minimum Gasteiger partial charge on any atom is -0.456 e. The van der Waals surface area contributed by atoms with E-state index in [1.165, 1.54) is 101 Å². The lowest BCUT2D eigenvalue weighted by atomic mass is 10.0. The number of para-hydroxylation sites is 6. The molecule has 7 aromatic heterocycles. The lowest BCUT2D eigenvalue weighted by Gasteiger charge is -2.26. The van der Waals surface area contributed by atoms with Crippen LogP contribution >= 0.6 is 22.7 Å². The van der Waals surface area contributed by atoms with Crippen LogP contribution in [0.5, 0.6) is 0 Å². The van der Waals surface area contributed by atoms with Gasteiger partial charge >= 0.3 is 0 Å². The number of aromatic nitrogens is 3. The van der Waals surface area contributed by atoms with Crippen molar-refractivity contribution in [1.82, 2.24) is 14.1 Å². The molecule has 17 aromatic carbocycles. The minimum atomic E-state index is 0.888. The smallest absolute Gasteiger partial charge is 0.143 e. The number of hydrogen-bond acceptors (Lipinski definition) is 7. The predicted octanol–water partition coefficient (Wildman–Crippen LogP) is 31.1. The number of anilines is 6. The van der Waals surface area contributed by atoms with Crippen LogP contribution in [0.4, 0.5) is 34.1 Å². The molecule has 544 valence electrons. The van der Waals surface area contributed by atoms with Gasteiger partial charge in [0.15, 0.2) is 0 Å². The summed E-state index contributed by atoms with van der Waals surface area (Å²) < 4.78 is 22.5. The minimum absolute atomic E-state index is 0.888. The van der Waals surface area contributed by atoms with Gasteiger partial charge < -0.3 is 23.2 Å². The van der Waals surface area contributed by atoms with E-state index in [-0.39, 0.29) is 0 Å². The zero-order chi connectivity index (χ0) is 76.3. The van der Waals surface area contributed by atoms with Crippen LogP contribution in [0.15, 0.2) is 415 Å². The van der Waals surface area contributed by atoms with Crippen molar-refractivity contribution < 1.29 is 8.83 Å². The number of fused-ring (bicyclic) bond motifs is 18. The van der Waals surface area contributed by atoms with E-state index < -0.39 is 0 Å². The Morgan fingerprint density at radius 3 is 1.28 bits per heavy atom. The molecule has 0 saturated heterocycles. The van der Waals surface area contributed by atoms with E-state index in [0.717, 1.165) is 117 Å². The van der Waals surface area contributed by atoms with Gasteiger partial charge in [-0.05, 0) is 209 Å². The summed E-state index contributed by atoms with van der Waals surface area (Å²) in [7, 11) is 0. The largest absolute Gasteiger partial charge is 0.456 e. The van der Waals surface area contributed by atoms with Crippen LogP contribution in [0.2, 0.25) is 0 Å². The highest BCUT2D eigenvalue weighted by Gasteiger charge is 2.23. The summed E-state index contributed by atoms with van der Waals surface area (Å²) >= 11 is 3.71. The molecule has 7 heterocycles. The summed E-state index contributed by atoms with van der Waals surface area (Å²) in [6.45, 7) is 0. The van der Waals surface area contributed by atoms with Gasteiger partial charge in [0.25, 0.3) is 0 Å². The monoisotopic (exact) mass is 1520 g/mol. The predicted molar refractivity (Wildman–Crippen MR) is 491 cm³/mol. The maximum atomic E-state index is 6.45. The zero-order valence-corrected chi connectivity index (χ0v) is 64.2. The van der Waals surface area contributed by atoms with Crippen LogP contribution in [0.1, 0.15) is 0 Å². The Kier molecular flexibility index (Phi) is 15.9. The lowest BCUT2D eigenvalue weighted by Crippen LogP contribution is -2.09. The number of benzene rings is 17. The molecule has 0 saturated carbocycles. The third-order valence-electron chi connectivity index (χ3n) is 23.1. The second-order valence-corrected chi connectivity index (χ2v) is 31.8. The van der Waals surface area contributed by atoms with E-state index in [1.807, 2.05) is 65.3 Å². The molecular weight excluding hydrogens is 1450 g/mol. The van der Waals surface area contributed by atoms with Crippen LogP contribution in [0, 0.1) is 0 Å². The summed E-state index contributed by atoms with van der Waals surface area (Å²) in [6, 6.07) is 144. The molecule has 0 spiro atoms. The third kappa shape index (κ3) is 11.3. The summed E-state index contributed by atoms with van der Waals surface area (Å²) in [4.78, 5) is 9.41. The van der Waals surface area contributed by atoms with Gasteiger partial charge in [-0.2, -0.15) is 0 Å². The van der Waals surface area contributed by atoms with Crippen molar-refractivity contribution in [2.45, 2.75) is 0 Å². The molecule has 116 heavy (non-hydrogen) atoms. The number of rotatable bonds is 12. The zero-order valence-electron chi connectivity index (χ0n) is 62.6. The first-order valence-corrected chi connectivity index (χ1v) is 40.8. The Morgan fingerprint density at radius 2 is 0.655 bits per heavy atom. The van der Waals surface area contributed by atoms with Gasteiger partial charge in [-0.15, -0.1) is 22.7 Å². The van der Waals surface area contributed by atoms with Crippen molar-refractivity contribution in [2.75, 3.05) is 9.80 Å². The first kappa shape index (κ1) is 66.9. The molecule has 0 bridgehead atoms. The van der Waals surface area contributed by atoms with E-state index >= 15 is 0 Å². The lowest BCUT2D eigenvalue weighted by molar-refractivity contribution is 0.669. The third-order valence-corrected chi connectivity index (χ3v) is 25.4. The molecule has 24 aromatic rings.